The van der Waals surface area contributed by atoms with Crippen LogP contribution in [0.3, 0.4) is 0 Å². The van der Waals surface area contributed by atoms with Gasteiger partial charge in [0, 0.05) is 28.2 Å². The first-order valence-electron chi connectivity index (χ1n) is 12.2. The Morgan fingerprint density at radius 1 is 1.08 bits per heavy atom. The van der Waals surface area contributed by atoms with Gasteiger partial charge in [0.05, 0.1) is 19.1 Å². The van der Waals surface area contributed by atoms with Crippen molar-refractivity contribution >= 4 is 50.7 Å². The summed E-state index contributed by atoms with van der Waals surface area (Å²) in [5, 5.41) is 3.77. The largest absolute Gasteiger partial charge is 0.497 e. The Morgan fingerprint density at radius 2 is 1.68 bits per heavy atom. The topological polar surface area (TPSA) is 96.0 Å². The van der Waals surface area contributed by atoms with Crippen molar-refractivity contribution in [3.05, 3.63) is 58.1 Å². The minimum absolute atomic E-state index is 0.0475. The van der Waals surface area contributed by atoms with Crippen molar-refractivity contribution in [1.29, 1.82) is 0 Å². The van der Waals surface area contributed by atoms with Gasteiger partial charge in [-0.2, -0.15) is 0 Å². The Bertz CT molecular complexity index is 1180. The van der Waals surface area contributed by atoms with Crippen LogP contribution in [-0.2, 0) is 26.2 Å². The van der Waals surface area contributed by atoms with E-state index in [1.165, 1.54) is 12.0 Å². The van der Waals surface area contributed by atoms with Gasteiger partial charge in [-0.05, 0) is 55.7 Å². The Kier molecular flexibility index (Phi) is 10.1. The van der Waals surface area contributed by atoms with Gasteiger partial charge < -0.3 is 15.0 Å². The van der Waals surface area contributed by atoms with Crippen LogP contribution in [0.2, 0.25) is 10.0 Å². The van der Waals surface area contributed by atoms with Crippen LogP contribution < -0.4 is 14.4 Å². The highest BCUT2D eigenvalue weighted by Crippen LogP contribution is 2.28. The maximum atomic E-state index is 13.8. The summed E-state index contributed by atoms with van der Waals surface area (Å²) in [6.07, 6.45) is 5.24. The lowest BCUT2D eigenvalue weighted by Gasteiger charge is -2.33. The summed E-state index contributed by atoms with van der Waals surface area (Å²) in [5.74, 6) is -0.278. The molecule has 1 N–H and O–H groups in total. The summed E-state index contributed by atoms with van der Waals surface area (Å²) < 4.78 is 31.6. The number of nitrogens with one attached hydrogen (secondary N) is 1. The van der Waals surface area contributed by atoms with Crippen molar-refractivity contribution in [1.82, 2.24) is 10.2 Å². The molecule has 1 saturated carbocycles. The van der Waals surface area contributed by atoms with Gasteiger partial charge >= 0.3 is 0 Å². The summed E-state index contributed by atoms with van der Waals surface area (Å²) in [6.45, 7) is 1.26. The second-order valence-corrected chi connectivity index (χ2v) is 11.8. The molecule has 0 aliphatic heterocycles. The number of hydrogen-bond acceptors (Lipinski definition) is 5. The van der Waals surface area contributed by atoms with E-state index < -0.39 is 28.5 Å². The van der Waals surface area contributed by atoms with Gasteiger partial charge in [0.2, 0.25) is 21.8 Å². The maximum Gasteiger partial charge on any atom is 0.244 e. The molecule has 2 amide bonds. The van der Waals surface area contributed by atoms with E-state index in [1.807, 2.05) is 6.92 Å². The maximum absolute atomic E-state index is 13.8. The molecule has 0 bridgehead atoms. The summed E-state index contributed by atoms with van der Waals surface area (Å²) >= 11 is 12.8. The zero-order chi connectivity index (χ0) is 27.2. The number of benzene rings is 2. The molecule has 1 fully saturated rings. The average Bonchev–Trinajstić information content (AvgIpc) is 3.36. The van der Waals surface area contributed by atoms with Crippen molar-refractivity contribution in [3.8, 4) is 5.75 Å². The number of halogens is 2. The van der Waals surface area contributed by atoms with Gasteiger partial charge in [-0.15, -0.1) is 0 Å². The molecule has 1 aliphatic carbocycles. The molecule has 0 unspecified atom stereocenters. The summed E-state index contributed by atoms with van der Waals surface area (Å²) in [7, 11) is -2.33. The monoisotopic (exact) mass is 569 g/mol. The zero-order valence-electron chi connectivity index (χ0n) is 21.2. The Balaban J connectivity index is 1.96. The van der Waals surface area contributed by atoms with Gasteiger partial charge in [0.15, 0.2) is 0 Å². The molecule has 0 heterocycles. The fourth-order valence-corrected chi connectivity index (χ4v) is 5.87. The van der Waals surface area contributed by atoms with Crippen LogP contribution in [0.1, 0.15) is 44.6 Å². The molecule has 37 heavy (non-hydrogen) atoms. The SMILES string of the molecule is CC[C@@H](C(=O)NC1CCCC1)N(Cc1c(Cl)cccc1Cl)C(=O)CN(c1ccc(OC)cc1)S(C)(=O)=O. The Labute approximate surface area is 228 Å². The van der Waals surface area contributed by atoms with Crippen LogP contribution in [0.4, 0.5) is 5.69 Å². The lowest BCUT2D eigenvalue weighted by atomic mass is 10.1. The van der Waals surface area contributed by atoms with Crippen LogP contribution in [0, 0.1) is 0 Å². The highest BCUT2D eigenvalue weighted by Gasteiger charge is 2.33. The third kappa shape index (κ3) is 7.52. The molecule has 2 aromatic rings. The van der Waals surface area contributed by atoms with Gasteiger partial charge in [-0.25, -0.2) is 8.42 Å². The number of hydrogen-bond donors (Lipinski definition) is 1. The van der Waals surface area contributed by atoms with E-state index in [0.29, 0.717) is 33.5 Å². The lowest BCUT2D eigenvalue weighted by molar-refractivity contribution is -0.140. The van der Waals surface area contributed by atoms with Crippen molar-refractivity contribution in [2.24, 2.45) is 0 Å². The molecule has 0 spiro atoms. The van der Waals surface area contributed by atoms with E-state index in [4.69, 9.17) is 27.9 Å². The minimum atomic E-state index is -3.83. The number of ether oxygens (including phenoxy) is 1. The first-order valence-corrected chi connectivity index (χ1v) is 14.8. The van der Waals surface area contributed by atoms with Crippen LogP contribution in [0.5, 0.6) is 5.75 Å². The zero-order valence-corrected chi connectivity index (χ0v) is 23.6. The van der Waals surface area contributed by atoms with E-state index >= 15 is 0 Å². The molecule has 202 valence electrons. The van der Waals surface area contributed by atoms with E-state index in [0.717, 1.165) is 36.2 Å². The highest BCUT2D eigenvalue weighted by molar-refractivity contribution is 7.92. The standard InChI is InChI=1S/C26H33Cl2N3O5S/c1-4-24(26(33)29-18-8-5-6-9-18)30(16-21-22(27)10-7-11-23(21)28)25(32)17-31(37(3,34)35)19-12-14-20(36-2)15-13-19/h7,10-15,18,24H,4-6,8-9,16-17H2,1-3H3,(H,29,33)/t24-/m0/s1. The van der Waals surface area contributed by atoms with E-state index in [9.17, 15) is 18.0 Å². The van der Waals surface area contributed by atoms with Crippen LogP contribution >= 0.6 is 23.2 Å². The molecule has 0 saturated heterocycles. The fourth-order valence-electron chi connectivity index (χ4n) is 4.50. The number of methoxy groups -OCH3 is 1. The minimum Gasteiger partial charge on any atom is -0.497 e. The van der Waals surface area contributed by atoms with E-state index in [2.05, 4.69) is 5.32 Å². The molecule has 0 aromatic heterocycles. The van der Waals surface area contributed by atoms with Gasteiger partial charge in [-0.3, -0.25) is 13.9 Å². The quantitative estimate of drug-likeness (QED) is 0.425. The van der Waals surface area contributed by atoms with Crippen molar-refractivity contribution in [2.45, 2.75) is 57.7 Å². The molecule has 3 rings (SSSR count). The number of nitrogens with zero attached hydrogens (tertiary/aromatic N) is 2. The van der Waals surface area contributed by atoms with Crippen LogP contribution in [0.25, 0.3) is 0 Å². The summed E-state index contributed by atoms with van der Waals surface area (Å²) in [5.41, 5.74) is 0.789. The number of carbonyl (C=O) groups excluding carboxylic acids is 2. The number of anilines is 1. The van der Waals surface area contributed by atoms with Crippen molar-refractivity contribution in [2.75, 3.05) is 24.2 Å². The van der Waals surface area contributed by atoms with Crippen LogP contribution in [0.15, 0.2) is 42.5 Å². The fraction of sp³-hybridized carbons (Fsp3) is 0.462. The molecule has 1 aliphatic rings. The molecular weight excluding hydrogens is 537 g/mol. The molecule has 1 atom stereocenters. The smallest absolute Gasteiger partial charge is 0.244 e. The van der Waals surface area contributed by atoms with Crippen molar-refractivity contribution < 1.29 is 22.7 Å². The molecular formula is C26H33Cl2N3O5S. The van der Waals surface area contributed by atoms with Gasteiger partial charge in [0.1, 0.15) is 18.3 Å². The first kappa shape index (κ1) is 29.1. The number of sulfonamides is 1. The average molecular weight is 571 g/mol. The summed E-state index contributed by atoms with van der Waals surface area (Å²) in [4.78, 5) is 28.5. The highest BCUT2D eigenvalue weighted by atomic mass is 35.5. The molecule has 8 nitrogen and oxygen atoms in total. The van der Waals surface area contributed by atoms with Gasteiger partial charge in [-0.1, -0.05) is 49.0 Å². The van der Waals surface area contributed by atoms with E-state index in [1.54, 1.807) is 42.5 Å². The normalized spacial score (nSPS) is 14.7. The second-order valence-electron chi connectivity index (χ2n) is 9.10. The molecule has 11 heteroatoms. The Hall–Kier alpha value is -2.49. The third-order valence-corrected chi connectivity index (χ3v) is 8.37. The second kappa shape index (κ2) is 12.8. The van der Waals surface area contributed by atoms with Crippen molar-refractivity contribution in [3.63, 3.8) is 0 Å². The van der Waals surface area contributed by atoms with Gasteiger partial charge in [0.25, 0.3) is 0 Å². The van der Waals surface area contributed by atoms with E-state index in [-0.39, 0.29) is 18.5 Å². The number of amides is 2. The number of carbonyl (C=O) groups is 2. The molecule has 0 radical (unpaired) electrons. The first-order chi connectivity index (χ1) is 17.5. The van der Waals surface area contributed by atoms with Crippen LogP contribution in [-0.4, -0.2) is 57.1 Å². The third-order valence-electron chi connectivity index (χ3n) is 6.52. The lowest BCUT2D eigenvalue weighted by Crippen LogP contribution is -2.53. The predicted molar refractivity (Wildman–Crippen MR) is 147 cm³/mol. The predicted octanol–water partition coefficient (Wildman–Crippen LogP) is 4.63. The Morgan fingerprint density at radius 3 is 2.19 bits per heavy atom. The molecule has 2 aromatic carbocycles. The number of rotatable bonds is 11. The summed E-state index contributed by atoms with van der Waals surface area (Å²) in [6, 6.07) is 10.6.